The number of anilines is 2. The molecule has 11 heteroatoms. The Balaban J connectivity index is 2.13. The molecule has 1 heterocycles. The van der Waals surface area contributed by atoms with E-state index in [1.807, 2.05) is 0 Å². The van der Waals surface area contributed by atoms with Gasteiger partial charge in [0.25, 0.3) is 10.2 Å². The molecule has 4 N–H and O–H groups in total. The lowest BCUT2D eigenvalue weighted by Crippen LogP contribution is -2.43. The summed E-state index contributed by atoms with van der Waals surface area (Å²) >= 11 is 0. The zero-order valence-corrected chi connectivity index (χ0v) is 12.7. The van der Waals surface area contributed by atoms with Crippen molar-refractivity contribution in [1.29, 1.82) is 0 Å². The van der Waals surface area contributed by atoms with Crippen molar-refractivity contribution in [2.45, 2.75) is 0 Å². The van der Waals surface area contributed by atoms with Crippen LogP contribution in [0, 0.1) is 0 Å². The summed E-state index contributed by atoms with van der Waals surface area (Å²) in [5, 5.41) is 4.86. The molecule has 1 aromatic rings. The highest BCUT2D eigenvalue weighted by atomic mass is 32.2. The van der Waals surface area contributed by atoms with Crippen molar-refractivity contribution in [2.75, 3.05) is 35.7 Å². The lowest BCUT2D eigenvalue weighted by atomic mass is 10.3. The van der Waals surface area contributed by atoms with Crippen LogP contribution in [0.15, 0.2) is 24.3 Å². The zero-order chi connectivity index (χ0) is 15.5. The van der Waals surface area contributed by atoms with Crippen LogP contribution in [0.3, 0.4) is 0 Å². The van der Waals surface area contributed by atoms with E-state index in [1.165, 1.54) is 28.6 Å². The molecule has 21 heavy (non-hydrogen) atoms. The molecule has 0 bridgehead atoms. The summed E-state index contributed by atoms with van der Waals surface area (Å²) in [7, 11) is -7.61. The van der Waals surface area contributed by atoms with Gasteiger partial charge in [-0.2, -0.15) is 21.1 Å². The molecule has 1 fully saturated rings. The van der Waals surface area contributed by atoms with Gasteiger partial charge < -0.3 is 4.74 Å². The molecule has 1 aromatic carbocycles. The summed E-state index contributed by atoms with van der Waals surface area (Å²) in [5.74, 6) is 0. The molecule has 2 rings (SSSR count). The minimum absolute atomic E-state index is 0.166. The summed E-state index contributed by atoms with van der Waals surface area (Å²) < 4.78 is 57.0. The minimum Gasteiger partial charge on any atom is -0.379 e. The van der Waals surface area contributed by atoms with Crippen LogP contribution in [-0.4, -0.2) is 47.4 Å². The molecule has 0 amide bonds. The van der Waals surface area contributed by atoms with Gasteiger partial charge in [0.05, 0.1) is 24.6 Å². The second-order valence-electron chi connectivity index (χ2n) is 4.35. The standard InChI is InChI=1S/C10H16N4O5S2/c11-20(15,16)12-9-2-1-3-10(8-9)13-21(17,18)14-4-6-19-7-5-14/h1-3,8,12-13H,4-7H2,(H2,11,15,16). The van der Waals surface area contributed by atoms with Crippen molar-refractivity contribution in [2.24, 2.45) is 5.14 Å². The predicted octanol–water partition coefficient (Wildman–Crippen LogP) is -0.709. The van der Waals surface area contributed by atoms with E-state index in [0.717, 1.165) is 0 Å². The molecular formula is C10H16N4O5S2. The first kappa shape index (κ1) is 16.0. The number of morpholine rings is 1. The number of hydrogen-bond donors (Lipinski definition) is 3. The quantitative estimate of drug-likeness (QED) is 0.654. The molecule has 1 saturated heterocycles. The fourth-order valence-corrected chi connectivity index (χ4v) is 3.45. The lowest BCUT2D eigenvalue weighted by Gasteiger charge is -2.26. The third-order valence-electron chi connectivity index (χ3n) is 2.68. The average Bonchev–Trinajstić information content (AvgIpc) is 2.37. The number of benzene rings is 1. The van der Waals surface area contributed by atoms with Crippen molar-refractivity contribution >= 4 is 31.8 Å². The maximum atomic E-state index is 12.1. The number of nitrogens with two attached hydrogens (primary N) is 1. The van der Waals surface area contributed by atoms with E-state index in [-0.39, 0.29) is 24.5 Å². The van der Waals surface area contributed by atoms with Crippen LogP contribution in [0.1, 0.15) is 0 Å². The lowest BCUT2D eigenvalue weighted by molar-refractivity contribution is 0.0733. The van der Waals surface area contributed by atoms with Crippen LogP contribution < -0.4 is 14.6 Å². The second-order valence-corrected chi connectivity index (χ2v) is 7.31. The monoisotopic (exact) mass is 336 g/mol. The van der Waals surface area contributed by atoms with Gasteiger partial charge in [0.2, 0.25) is 0 Å². The van der Waals surface area contributed by atoms with Gasteiger partial charge in [0.15, 0.2) is 0 Å². The van der Waals surface area contributed by atoms with Crippen LogP contribution in [-0.2, 0) is 25.2 Å². The Morgan fingerprint density at radius 2 is 1.62 bits per heavy atom. The van der Waals surface area contributed by atoms with Gasteiger partial charge in [-0.1, -0.05) is 6.07 Å². The topological polar surface area (TPSA) is 131 Å². The largest absolute Gasteiger partial charge is 0.379 e. The highest BCUT2D eigenvalue weighted by Gasteiger charge is 2.24. The third kappa shape index (κ3) is 4.82. The van der Waals surface area contributed by atoms with Gasteiger partial charge in [0.1, 0.15) is 0 Å². The van der Waals surface area contributed by atoms with Crippen molar-refractivity contribution in [3.05, 3.63) is 24.3 Å². The van der Waals surface area contributed by atoms with E-state index >= 15 is 0 Å². The van der Waals surface area contributed by atoms with Crippen molar-refractivity contribution in [3.63, 3.8) is 0 Å². The van der Waals surface area contributed by atoms with Gasteiger partial charge in [-0.05, 0) is 18.2 Å². The molecule has 0 unspecified atom stereocenters. The van der Waals surface area contributed by atoms with Crippen LogP contribution in [0.2, 0.25) is 0 Å². The molecule has 0 saturated carbocycles. The summed E-state index contributed by atoms with van der Waals surface area (Å²) in [6.45, 7) is 1.22. The first-order chi connectivity index (χ1) is 9.76. The Kier molecular flexibility index (Phi) is 4.68. The Labute approximate surface area is 123 Å². The second kappa shape index (κ2) is 6.15. The first-order valence-electron chi connectivity index (χ1n) is 6.02. The van der Waals surface area contributed by atoms with Crippen molar-refractivity contribution in [1.82, 2.24) is 4.31 Å². The summed E-state index contributed by atoms with van der Waals surface area (Å²) in [6, 6.07) is 5.80. The van der Waals surface area contributed by atoms with Gasteiger partial charge in [-0.25, -0.2) is 5.14 Å². The van der Waals surface area contributed by atoms with E-state index in [2.05, 4.69) is 9.44 Å². The predicted molar refractivity (Wildman–Crippen MR) is 78.1 cm³/mol. The third-order valence-corrected chi connectivity index (χ3v) is 4.74. The Morgan fingerprint density at radius 3 is 2.19 bits per heavy atom. The number of hydrogen-bond acceptors (Lipinski definition) is 5. The number of nitrogens with zero attached hydrogens (tertiary/aromatic N) is 1. The van der Waals surface area contributed by atoms with E-state index in [4.69, 9.17) is 9.88 Å². The fourth-order valence-electron chi connectivity index (χ4n) is 1.81. The average molecular weight is 336 g/mol. The first-order valence-corrected chi connectivity index (χ1v) is 9.01. The van der Waals surface area contributed by atoms with Crippen molar-refractivity contribution < 1.29 is 21.6 Å². The maximum Gasteiger partial charge on any atom is 0.301 e. The summed E-state index contributed by atoms with van der Waals surface area (Å²) in [4.78, 5) is 0. The van der Waals surface area contributed by atoms with Crippen molar-refractivity contribution in [3.8, 4) is 0 Å². The molecule has 0 atom stereocenters. The molecular weight excluding hydrogens is 320 g/mol. The highest BCUT2D eigenvalue weighted by Crippen LogP contribution is 2.18. The minimum atomic E-state index is -3.91. The van der Waals surface area contributed by atoms with Gasteiger partial charge >= 0.3 is 10.2 Å². The van der Waals surface area contributed by atoms with Gasteiger partial charge in [0, 0.05) is 13.1 Å². The molecule has 0 aliphatic carbocycles. The zero-order valence-electron chi connectivity index (χ0n) is 11.0. The molecule has 0 spiro atoms. The number of rotatable bonds is 5. The molecule has 0 radical (unpaired) electrons. The highest BCUT2D eigenvalue weighted by molar-refractivity contribution is 7.90. The molecule has 9 nitrogen and oxygen atoms in total. The van der Waals surface area contributed by atoms with Crippen LogP contribution in [0.5, 0.6) is 0 Å². The van der Waals surface area contributed by atoms with Gasteiger partial charge in [-0.15, -0.1) is 0 Å². The van der Waals surface area contributed by atoms with E-state index in [0.29, 0.717) is 13.2 Å². The Morgan fingerprint density at radius 1 is 1.05 bits per heavy atom. The van der Waals surface area contributed by atoms with Crippen LogP contribution in [0.25, 0.3) is 0 Å². The maximum absolute atomic E-state index is 12.1. The van der Waals surface area contributed by atoms with E-state index < -0.39 is 20.4 Å². The summed E-state index contributed by atoms with van der Waals surface area (Å²) in [6.07, 6.45) is 0. The fraction of sp³-hybridized carbons (Fsp3) is 0.400. The normalized spacial score (nSPS) is 17.4. The SMILES string of the molecule is NS(=O)(=O)Nc1cccc(NS(=O)(=O)N2CCOCC2)c1. The van der Waals surface area contributed by atoms with E-state index in [9.17, 15) is 16.8 Å². The van der Waals surface area contributed by atoms with Gasteiger partial charge in [-0.3, -0.25) is 9.44 Å². The smallest absolute Gasteiger partial charge is 0.301 e. The molecule has 1 aliphatic heterocycles. The number of nitrogens with one attached hydrogen (secondary N) is 2. The number of ether oxygens (including phenoxy) is 1. The van der Waals surface area contributed by atoms with Crippen LogP contribution in [0.4, 0.5) is 11.4 Å². The van der Waals surface area contributed by atoms with Crippen LogP contribution >= 0.6 is 0 Å². The molecule has 0 aromatic heterocycles. The molecule has 1 aliphatic rings. The Hall–Kier alpha value is -1.40. The van der Waals surface area contributed by atoms with E-state index in [1.54, 1.807) is 0 Å². The Bertz CT molecular complexity index is 698. The summed E-state index contributed by atoms with van der Waals surface area (Å²) in [5.41, 5.74) is 0.398. The molecule has 118 valence electrons.